The normalized spacial score (nSPS) is 10.8. The van der Waals surface area contributed by atoms with Crippen LogP contribution in [-0.2, 0) is 6.54 Å². The Morgan fingerprint density at radius 2 is 2.11 bits per heavy atom. The largest absolute Gasteiger partial charge is 0.399 e. The van der Waals surface area contributed by atoms with E-state index in [1.807, 2.05) is 24.3 Å². The lowest BCUT2D eigenvalue weighted by atomic mass is 10.2. The fourth-order valence-electron chi connectivity index (χ4n) is 1.84. The van der Waals surface area contributed by atoms with Gasteiger partial charge in [0.25, 0.3) is 0 Å². The lowest BCUT2D eigenvalue weighted by Crippen LogP contribution is -1.98. The summed E-state index contributed by atoms with van der Waals surface area (Å²) in [5, 5.41) is 4.01. The fourth-order valence-corrected chi connectivity index (χ4v) is 2.75. The van der Waals surface area contributed by atoms with E-state index in [-0.39, 0.29) is 5.82 Å². The first kappa shape index (κ1) is 11.9. The molecule has 0 unspecified atom stereocenters. The van der Waals surface area contributed by atoms with Crippen LogP contribution in [0.1, 0.15) is 5.56 Å². The standard InChI is InChI=1S/C14H12FN3S/c15-10-3-1-2-9(6-10)8-17-14-18-12-5-4-11(16)7-13(12)19-14/h1-7H,8,16H2,(H,17,18). The summed E-state index contributed by atoms with van der Waals surface area (Å²) in [6.45, 7) is 0.549. The van der Waals surface area contributed by atoms with Crippen LogP contribution in [0.4, 0.5) is 15.2 Å². The molecule has 96 valence electrons. The fraction of sp³-hybridized carbons (Fsp3) is 0.0714. The molecule has 19 heavy (non-hydrogen) atoms. The minimum Gasteiger partial charge on any atom is -0.399 e. The second kappa shape index (κ2) is 4.85. The van der Waals surface area contributed by atoms with Crippen LogP contribution in [0, 0.1) is 5.82 Å². The molecule has 0 saturated carbocycles. The summed E-state index contributed by atoms with van der Waals surface area (Å²) in [6.07, 6.45) is 0. The highest BCUT2D eigenvalue weighted by Crippen LogP contribution is 2.27. The Kier molecular flexibility index (Phi) is 3.05. The molecule has 0 amide bonds. The van der Waals surface area contributed by atoms with E-state index >= 15 is 0 Å². The zero-order chi connectivity index (χ0) is 13.2. The zero-order valence-electron chi connectivity index (χ0n) is 10.1. The van der Waals surface area contributed by atoms with Crippen molar-refractivity contribution >= 4 is 32.4 Å². The quantitative estimate of drug-likeness (QED) is 0.716. The van der Waals surface area contributed by atoms with Gasteiger partial charge in [-0.25, -0.2) is 9.37 Å². The number of fused-ring (bicyclic) bond motifs is 1. The summed E-state index contributed by atoms with van der Waals surface area (Å²) < 4.78 is 14.1. The second-order valence-corrected chi connectivity index (χ2v) is 5.26. The van der Waals surface area contributed by atoms with Crippen LogP contribution in [-0.4, -0.2) is 4.98 Å². The molecule has 0 bridgehead atoms. The third kappa shape index (κ3) is 2.66. The van der Waals surface area contributed by atoms with Crippen molar-refractivity contribution in [2.45, 2.75) is 6.54 Å². The number of nitrogen functional groups attached to an aromatic ring is 1. The van der Waals surface area contributed by atoms with Crippen molar-refractivity contribution in [3.05, 3.63) is 53.8 Å². The smallest absolute Gasteiger partial charge is 0.184 e. The molecule has 3 rings (SSSR count). The molecule has 1 aromatic heterocycles. The monoisotopic (exact) mass is 273 g/mol. The number of hydrogen-bond donors (Lipinski definition) is 2. The van der Waals surface area contributed by atoms with Gasteiger partial charge in [0.1, 0.15) is 5.82 Å². The number of thiazole rings is 1. The Hall–Kier alpha value is -2.14. The molecule has 0 aliphatic rings. The van der Waals surface area contributed by atoms with E-state index in [1.165, 1.54) is 23.5 Å². The van der Waals surface area contributed by atoms with Gasteiger partial charge in [0, 0.05) is 12.2 Å². The number of anilines is 2. The van der Waals surface area contributed by atoms with Crippen LogP contribution < -0.4 is 11.1 Å². The maximum absolute atomic E-state index is 13.1. The average molecular weight is 273 g/mol. The number of benzene rings is 2. The first-order chi connectivity index (χ1) is 9.20. The topological polar surface area (TPSA) is 50.9 Å². The van der Waals surface area contributed by atoms with Crippen LogP contribution in [0.3, 0.4) is 0 Å². The first-order valence-corrected chi connectivity index (χ1v) is 6.67. The van der Waals surface area contributed by atoms with Gasteiger partial charge >= 0.3 is 0 Å². The second-order valence-electron chi connectivity index (χ2n) is 4.23. The number of hydrogen-bond acceptors (Lipinski definition) is 4. The Bertz CT molecular complexity index is 724. The van der Waals surface area contributed by atoms with Gasteiger partial charge in [-0.05, 0) is 35.9 Å². The third-order valence-corrected chi connectivity index (χ3v) is 3.72. The summed E-state index contributed by atoms with van der Waals surface area (Å²) in [5.74, 6) is -0.226. The molecule has 5 heteroatoms. The van der Waals surface area contributed by atoms with Gasteiger partial charge in [0.05, 0.1) is 10.2 Å². The Morgan fingerprint density at radius 1 is 1.21 bits per heavy atom. The molecular formula is C14H12FN3S. The summed E-state index contributed by atoms with van der Waals surface area (Å²) in [6, 6.07) is 12.2. The molecule has 3 N–H and O–H groups in total. The maximum atomic E-state index is 13.1. The van der Waals surface area contributed by atoms with E-state index in [0.717, 1.165) is 26.6 Å². The van der Waals surface area contributed by atoms with E-state index < -0.39 is 0 Å². The highest BCUT2D eigenvalue weighted by Gasteiger charge is 2.04. The Balaban J connectivity index is 1.78. The highest BCUT2D eigenvalue weighted by molar-refractivity contribution is 7.22. The van der Waals surface area contributed by atoms with Crippen LogP contribution >= 0.6 is 11.3 Å². The molecule has 0 fully saturated rings. The summed E-state index contributed by atoms with van der Waals surface area (Å²) in [7, 11) is 0. The molecule has 0 saturated heterocycles. The van der Waals surface area contributed by atoms with Crippen molar-refractivity contribution in [1.82, 2.24) is 4.98 Å². The first-order valence-electron chi connectivity index (χ1n) is 5.85. The van der Waals surface area contributed by atoms with Gasteiger partial charge in [-0.2, -0.15) is 0 Å². The number of nitrogens with two attached hydrogens (primary N) is 1. The summed E-state index contributed by atoms with van der Waals surface area (Å²) in [4.78, 5) is 4.45. The molecule has 0 radical (unpaired) electrons. The van der Waals surface area contributed by atoms with Crippen LogP contribution in [0.5, 0.6) is 0 Å². The lowest BCUT2D eigenvalue weighted by molar-refractivity contribution is 0.626. The molecule has 2 aromatic carbocycles. The van der Waals surface area contributed by atoms with Gasteiger partial charge in [-0.15, -0.1) is 0 Å². The minimum absolute atomic E-state index is 0.226. The van der Waals surface area contributed by atoms with Crippen molar-refractivity contribution in [2.24, 2.45) is 0 Å². The molecule has 3 nitrogen and oxygen atoms in total. The van der Waals surface area contributed by atoms with Crippen LogP contribution in [0.2, 0.25) is 0 Å². The number of nitrogens with zero attached hydrogens (tertiary/aromatic N) is 1. The Morgan fingerprint density at radius 3 is 2.95 bits per heavy atom. The highest BCUT2D eigenvalue weighted by atomic mass is 32.1. The van der Waals surface area contributed by atoms with Crippen molar-refractivity contribution in [3.8, 4) is 0 Å². The number of halogens is 1. The number of rotatable bonds is 3. The average Bonchev–Trinajstić information content (AvgIpc) is 2.78. The zero-order valence-corrected chi connectivity index (χ0v) is 10.9. The van der Waals surface area contributed by atoms with E-state index in [9.17, 15) is 4.39 Å². The maximum Gasteiger partial charge on any atom is 0.184 e. The van der Waals surface area contributed by atoms with Crippen molar-refractivity contribution in [2.75, 3.05) is 11.1 Å². The predicted octanol–water partition coefficient (Wildman–Crippen LogP) is 3.63. The van der Waals surface area contributed by atoms with Crippen LogP contribution in [0.15, 0.2) is 42.5 Å². The minimum atomic E-state index is -0.226. The van der Waals surface area contributed by atoms with Gasteiger partial charge < -0.3 is 11.1 Å². The van der Waals surface area contributed by atoms with Gasteiger partial charge in [-0.1, -0.05) is 23.5 Å². The predicted molar refractivity (Wildman–Crippen MR) is 77.8 cm³/mol. The number of nitrogens with one attached hydrogen (secondary N) is 1. The van der Waals surface area contributed by atoms with Crippen molar-refractivity contribution < 1.29 is 4.39 Å². The van der Waals surface area contributed by atoms with Gasteiger partial charge in [0.2, 0.25) is 0 Å². The molecule has 0 atom stereocenters. The SMILES string of the molecule is Nc1ccc2nc(NCc3cccc(F)c3)sc2c1. The lowest BCUT2D eigenvalue weighted by Gasteiger charge is -2.02. The van der Waals surface area contributed by atoms with Crippen molar-refractivity contribution in [1.29, 1.82) is 0 Å². The molecular weight excluding hydrogens is 261 g/mol. The van der Waals surface area contributed by atoms with Gasteiger partial charge in [0.15, 0.2) is 5.13 Å². The van der Waals surface area contributed by atoms with Gasteiger partial charge in [-0.3, -0.25) is 0 Å². The summed E-state index contributed by atoms with van der Waals surface area (Å²) in [5.41, 5.74) is 8.27. The van der Waals surface area contributed by atoms with E-state index in [2.05, 4.69) is 10.3 Å². The molecule has 1 heterocycles. The van der Waals surface area contributed by atoms with Crippen LogP contribution in [0.25, 0.3) is 10.2 Å². The molecule has 0 aliphatic heterocycles. The molecule has 3 aromatic rings. The van der Waals surface area contributed by atoms with E-state index in [0.29, 0.717) is 6.54 Å². The Labute approximate surface area is 113 Å². The van der Waals surface area contributed by atoms with E-state index in [1.54, 1.807) is 6.07 Å². The molecule has 0 aliphatic carbocycles. The molecule has 0 spiro atoms. The summed E-state index contributed by atoms with van der Waals surface area (Å²) >= 11 is 1.54. The van der Waals surface area contributed by atoms with E-state index in [4.69, 9.17) is 5.73 Å². The van der Waals surface area contributed by atoms with Crippen molar-refractivity contribution in [3.63, 3.8) is 0 Å². The number of aromatic nitrogens is 1. The third-order valence-electron chi connectivity index (χ3n) is 2.75.